The van der Waals surface area contributed by atoms with Crippen LogP contribution in [-0.2, 0) is 9.53 Å². The van der Waals surface area contributed by atoms with Gasteiger partial charge >= 0.3 is 5.97 Å². The maximum Gasteiger partial charge on any atom is 0.306 e. The van der Waals surface area contributed by atoms with Crippen LogP contribution in [0.3, 0.4) is 0 Å². The van der Waals surface area contributed by atoms with Crippen molar-refractivity contribution in [3.8, 4) is 0 Å². The fourth-order valence-electron chi connectivity index (χ4n) is 9.94. The smallest absolute Gasteiger partial charge is 0.306 e. The predicted octanol–water partition coefficient (Wildman–Crippen LogP) is 10.3. The van der Waals surface area contributed by atoms with Gasteiger partial charge in [0.05, 0.1) is 0 Å². The fourth-order valence-corrected chi connectivity index (χ4v) is 12.1. The molecule has 4 aliphatic carbocycles. The third kappa shape index (κ3) is 5.65. The molecule has 0 radical (unpaired) electrons. The van der Waals surface area contributed by atoms with Crippen LogP contribution in [-0.4, -0.2) is 21.2 Å². The number of ether oxygens (including phenoxy) is 1. The number of hydrogen-bond acceptors (Lipinski definition) is 2. The van der Waals surface area contributed by atoms with E-state index in [9.17, 15) is 4.79 Å². The van der Waals surface area contributed by atoms with Crippen molar-refractivity contribution in [1.29, 1.82) is 0 Å². The first-order valence-electron chi connectivity index (χ1n) is 15.9. The lowest BCUT2D eigenvalue weighted by Crippen LogP contribution is -2.64. The largest absolute Gasteiger partial charge is 0.462 e. The molecule has 11 atom stereocenters. The molecule has 4 saturated carbocycles. The van der Waals surface area contributed by atoms with Gasteiger partial charge in [-0.15, -0.1) is 0 Å². The highest BCUT2D eigenvalue weighted by Gasteiger charge is 2.67. The van der Waals surface area contributed by atoms with Crippen LogP contribution in [0.25, 0.3) is 0 Å². The molecule has 0 aliphatic heterocycles. The van der Waals surface area contributed by atoms with E-state index in [0.29, 0.717) is 22.6 Å². The first-order valence-corrected chi connectivity index (χ1v) is 17.6. The van der Waals surface area contributed by atoms with E-state index in [0.717, 1.165) is 54.8 Å². The Morgan fingerprint density at radius 1 is 1.00 bits per heavy atom. The van der Waals surface area contributed by atoms with Gasteiger partial charge in [-0.1, -0.05) is 106 Å². The highest BCUT2D eigenvalue weighted by atomic mass is 79.9. The Morgan fingerprint density at radius 2 is 1.73 bits per heavy atom. The number of halogens is 2. The molecule has 0 aromatic carbocycles. The van der Waals surface area contributed by atoms with Gasteiger partial charge in [0, 0.05) is 22.0 Å². The molecule has 37 heavy (non-hydrogen) atoms. The highest BCUT2D eigenvalue weighted by molar-refractivity contribution is 9.12. The van der Waals surface area contributed by atoms with Crippen LogP contribution >= 0.6 is 31.9 Å². The molecule has 4 aliphatic rings. The van der Waals surface area contributed by atoms with Gasteiger partial charge in [0.1, 0.15) is 6.10 Å². The van der Waals surface area contributed by atoms with Crippen molar-refractivity contribution < 1.29 is 9.53 Å². The molecule has 0 heterocycles. The Bertz CT molecular complexity index is 799. The number of carbonyl (C=O) groups excluding carboxylic acids is 1. The first-order chi connectivity index (χ1) is 17.4. The number of fused-ring (bicyclic) bond motifs is 5. The Balaban J connectivity index is 1.46. The van der Waals surface area contributed by atoms with E-state index >= 15 is 0 Å². The first kappa shape index (κ1) is 30.4. The average Bonchev–Trinajstić information content (AvgIpc) is 3.18. The second kappa shape index (κ2) is 11.7. The molecule has 0 aromatic rings. The summed E-state index contributed by atoms with van der Waals surface area (Å²) in [6.45, 7) is 16.9. The Labute approximate surface area is 245 Å². The molecule has 4 rings (SSSR count). The van der Waals surface area contributed by atoms with E-state index < -0.39 is 0 Å². The molecule has 4 heteroatoms. The summed E-state index contributed by atoms with van der Waals surface area (Å²) in [7, 11) is 0. The van der Waals surface area contributed by atoms with Gasteiger partial charge in [0.25, 0.3) is 0 Å². The van der Waals surface area contributed by atoms with Crippen LogP contribution in [0.15, 0.2) is 0 Å². The number of esters is 1. The normalized spacial score (nSPS) is 45.0. The zero-order valence-electron chi connectivity index (χ0n) is 25.0. The van der Waals surface area contributed by atoms with Crippen LogP contribution in [0.2, 0.25) is 0 Å². The predicted molar refractivity (Wildman–Crippen MR) is 163 cm³/mol. The van der Waals surface area contributed by atoms with Crippen LogP contribution in [0.4, 0.5) is 0 Å². The molecule has 4 fully saturated rings. The zero-order valence-corrected chi connectivity index (χ0v) is 28.1. The summed E-state index contributed by atoms with van der Waals surface area (Å²) in [5.41, 5.74) is 0.780. The lowest BCUT2D eigenvalue weighted by atomic mass is 9.44. The third-order valence-electron chi connectivity index (χ3n) is 12.4. The molecule has 0 saturated heterocycles. The molecule has 0 spiro atoms. The van der Waals surface area contributed by atoms with Gasteiger partial charge in [-0.25, -0.2) is 0 Å². The maximum atomic E-state index is 12.6. The van der Waals surface area contributed by atoms with E-state index in [-0.39, 0.29) is 21.8 Å². The summed E-state index contributed by atoms with van der Waals surface area (Å²) < 4.78 is 6.10. The minimum absolute atomic E-state index is 0.00630. The van der Waals surface area contributed by atoms with Crippen molar-refractivity contribution in [2.24, 2.45) is 52.3 Å². The van der Waals surface area contributed by atoms with Gasteiger partial charge in [-0.05, 0) is 97.2 Å². The van der Waals surface area contributed by atoms with Crippen molar-refractivity contribution in [1.82, 2.24) is 0 Å². The molecular formula is C33H56Br2O2. The number of carbonyl (C=O) groups is 1. The lowest BCUT2D eigenvalue weighted by Gasteiger charge is -2.66. The van der Waals surface area contributed by atoms with Crippen molar-refractivity contribution in [3.63, 3.8) is 0 Å². The second-order valence-electron chi connectivity index (χ2n) is 15.0. The molecule has 2 nitrogen and oxygen atoms in total. The number of alkyl halides is 2. The summed E-state index contributed by atoms with van der Waals surface area (Å²) in [6.07, 6.45) is 15.9. The van der Waals surface area contributed by atoms with Crippen LogP contribution in [0.1, 0.15) is 132 Å². The Hall–Kier alpha value is 0.430. The summed E-state index contributed by atoms with van der Waals surface area (Å²) in [5.74, 6) is 5.50. The molecule has 0 aromatic heterocycles. The van der Waals surface area contributed by atoms with Gasteiger partial charge in [0.2, 0.25) is 0 Å². The monoisotopic (exact) mass is 642 g/mol. The summed E-state index contributed by atoms with van der Waals surface area (Å²) in [4.78, 5) is 13.1. The van der Waals surface area contributed by atoms with Crippen molar-refractivity contribution in [2.45, 2.75) is 147 Å². The highest BCUT2D eigenvalue weighted by Crippen LogP contribution is 2.71. The van der Waals surface area contributed by atoms with Gasteiger partial charge in [0.15, 0.2) is 0 Å². The van der Waals surface area contributed by atoms with Crippen LogP contribution in [0.5, 0.6) is 0 Å². The lowest BCUT2D eigenvalue weighted by molar-refractivity contribution is -0.159. The van der Waals surface area contributed by atoms with Gasteiger partial charge in [-0.2, -0.15) is 0 Å². The molecular weight excluding hydrogens is 588 g/mol. The number of rotatable bonds is 9. The molecule has 0 bridgehead atoms. The Morgan fingerprint density at radius 3 is 2.41 bits per heavy atom. The summed E-state index contributed by atoms with van der Waals surface area (Å²) in [6, 6.07) is 0. The van der Waals surface area contributed by atoms with Crippen LogP contribution < -0.4 is 0 Å². The van der Waals surface area contributed by atoms with E-state index in [1.54, 1.807) is 0 Å². The van der Waals surface area contributed by atoms with Crippen molar-refractivity contribution >= 4 is 37.8 Å². The standard InChI is InChI=1S/C33H56Br2O2/c1-8-22(4)18-30(36)37-24-14-17-32(7)28-15-16-31(6)26(23(5)11-9-10-21(2)3)12-13-27(31)25(28)19-29(34)33(32,35)20-24/h21-29H,8-20H2,1-7H3/t22-,23-,24-,25+,26-,27+,28+,29-,31+,32+,33-/m0/s1. The minimum Gasteiger partial charge on any atom is -0.462 e. The van der Waals surface area contributed by atoms with E-state index in [2.05, 4.69) is 80.3 Å². The topological polar surface area (TPSA) is 26.3 Å². The molecule has 0 unspecified atom stereocenters. The SMILES string of the molecule is CC[C@H](C)CC(=O)O[C@H]1CC[C@]2(C)[C@@H]3CC[C@@]4(C)[C@H](CC[C@H]4[C@@H](C)CCCC(C)C)[C@H]3C[C@H](Br)[C@@]2(Br)C1. The Kier molecular flexibility index (Phi) is 9.64. The van der Waals surface area contributed by atoms with Crippen LogP contribution in [0, 0.1) is 52.3 Å². The molecule has 214 valence electrons. The second-order valence-corrected chi connectivity index (χ2v) is 17.5. The summed E-state index contributed by atoms with van der Waals surface area (Å²) >= 11 is 8.62. The maximum absolute atomic E-state index is 12.6. The summed E-state index contributed by atoms with van der Waals surface area (Å²) in [5, 5.41) is 0. The van der Waals surface area contributed by atoms with Crippen molar-refractivity contribution in [3.05, 3.63) is 0 Å². The van der Waals surface area contributed by atoms with E-state index in [4.69, 9.17) is 4.74 Å². The minimum atomic E-state index is 0.00630. The molecule has 0 N–H and O–H groups in total. The van der Waals surface area contributed by atoms with Crippen molar-refractivity contribution in [2.75, 3.05) is 0 Å². The van der Waals surface area contributed by atoms with Gasteiger partial charge < -0.3 is 4.74 Å². The third-order valence-corrected chi connectivity index (χ3v) is 16.0. The quantitative estimate of drug-likeness (QED) is 0.184. The average molecular weight is 645 g/mol. The van der Waals surface area contributed by atoms with E-state index in [1.165, 1.54) is 57.8 Å². The van der Waals surface area contributed by atoms with E-state index in [1.807, 2.05) is 0 Å². The number of hydrogen-bond donors (Lipinski definition) is 0. The zero-order chi connectivity index (χ0) is 27.2. The van der Waals surface area contributed by atoms with Gasteiger partial charge in [-0.3, -0.25) is 4.79 Å². The molecule has 0 amide bonds. The fraction of sp³-hybridized carbons (Fsp3) is 0.970.